The number of aryl methyl sites for hydroxylation is 2. The van der Waals surface area contributed by atoms with Crippen LogP contribution < -0.4 is 5.32 Å². The van der Waals surface area contributed by atoms with Gasteiger partial charge in [0, 0.05) is 17.0 Å². The van der Waals surface area contributed by atoms with Crippen LogP contribution >= 0.6 is 0 Å². The molecule has 0 aliphatic heterocycles. The molecule has 1 atom stereocenters. The van der Waals surface area contributed by atoms with Gasteiger partial charge in [-0.25, -0.2) is 4.68 Å². The van der Waals surface area contributed by atoms with Gasteiger partial charge in [-0.15, -0.1) is 0 Å². The number of aromatic amines is 1. The molecule has 3 aromatic rings. The molecule has 0 radical (unpaired) electrons. The molecule has 1 unspecified atom stereocenters. The molecule has 6 heteroatoms. The Morgan fingerprint density at radius 2 is 2.22 bits per heavy atom. The van der Waals surface area contributed by atoms with Crippen molar-refractivity contribution < 1.29 is 4.79 Å². The van der Waals surface area contributed by atoms with Gasteiger partial charge >= 0.3 is 0 Å². The van der Waals surface area contributed by atoms with Crippen molar-refractivity contribution in [3.05, 3.63) is 64.2 Å². The molecule has 27 heavy (non-hydrogen) atoms. The molecule has 0 spiro atoms. The summed E-state index contributed by atoms with van der Waals surface area (Å²) in [5, 5.41) is 14.8. The highest BCUT2D eigenvalue weighted by molar-refractivity contribution is 5.92. The van der Waals surface area contributed by atoms with Crippen LogP contribution in [-0.4, -0.2) is 25.9 Å². The first-order valence-electron chi connectivity index (χ1n) is 9.57. The summed E-state index contributed by atoms with van der Waals surface area (Å²) >= 11 is 0. The molecule has 2 N–H and O–H groups in total. The smallest absolute Gasteiger partial charge is 0.272 e. The maximum absolute atomic E-state index is 12.6. The molecule has 0 bridgehead atoms. The summed E-state index contributed by atoms with van der Waals surface area (Å²) in [5.41, 5.74) is 7.32. The molecular weight excluding hydrogens is 338 g/mol. The lowest BCUT2D eigenvalue weighted by molar-refractivity contribution is 0.0927. The van der Waals surface area contributed by atoms with Crippen LogP contribution in [0.3, 0.4) is 0 Å². The molecule has 0 saturated carbocycles. The van der Waals surface area contributed by atoms with Crippen LogP contribution in [0.5, 0.6) is 0 Å². The van der Waals surface area contributed by atoms with Crippen LogP contribution in [0.2, 0.25) is 0 Å². The zero-order chi connectivity index (χ0) is 19.0. The van der Waals surface area contributed by atoms with Crippen LogP contribution in [0, 0.1) is 13.8 Å². The minimum atomic E-state index is -0.136. The molecule has 4 rings (SSSR count). The molecule has 1 aliphatic rings. The van der Waals surface area contributed by atoms with Gasteiger partial charge in [0.1, 0.15) is 5.69 Å². The van der Waals surface area contributed by atoms with E-state index < -0.39 is 0 Å². The SMILES string of the molecule is CCc1cc(C(=O)NC2CCCc3c2cnn3-c2cccc(C)c2C)n[nH]1. The third kappa shape index (κ3) is 3.16. The number of carbonyl (C=O) groups is 1. The highest BCUT2D eigenvalue weighted by Crippen LogP contribution is 2.32. The van der Waals surface area contributed by atoms with Crippen molar-refractivity contribution in [2.75, 3.05) is 0 Å². The van der Waals surface area contributed by atoms with Gasteiger partial charge in [0.2, 0.25) is 0 Å². The van der Waals surface area contributed by atoms with Gasteiger partial charge in [0.05, 0.1) is 17.9 Å². The van der Waals surface area contributed by atoms with Gasteiger partial charge < -0.3 is 5.32 Å². The number of carbonyl (C=O) groups excluding carboxylic acids is 1. The van der Waals surface area contributed by atoms with Crippen LogP contribution in [0.25, 0.3) is 5.69 Å². The van der Waals surface area contributed by atoms with Crippen molar-refractivity contribution in [2.45, 2.75) is 52.5 Å². The van der Waals surface area contributed by atoms with E-state index >= 15 is 0 Å². The van der Waals surface area contributed by atoms with E-state index in [0.29, 0.717) is 5.69 Å². The number of rotatable bonds is 4. The zero-order valence-electron chi connectivity index (χ0n) is 16.0. The van der Waals surface area contributed by atoms with Gasteiger partial charge in [0.25, 0.3) is 5.91 Å². The molecule has 140 valence electrons. The summed E-state index contributed by atoms with van der Waals surface area (Å²) in [6.45, 7) is 6.28. The summed E-state index contributed by atoms with van der Waals surface area (Å²) in [5.74, 6) is -0.136. The van der Waals surface area contributed by atoms with Gasteiger partial charge in [-0.05, 0) is 62.8 Å². The number of fused-ring (bicyclic) bond motifs is 1. The largest absolute Gasteiger partial charge is 0.344 e. The van der Waals surface area contributed by atoms with E-state index in [1.807, 2.05) is 23.9 Å². The third-order valence-corrected chi connectivity index (χ3v) is 5.54. The fourth-order valence-electron chi connectivity index (χ4n) is 3.77. The van der Waals surface area contributed by atoms with E-state index in [0.717, 1.165) is 42.6 Å². The summed E-state index contributed by atoms with van der Waals surface area (Å²) < 4.78 is 2.04. The second-order valence-corrected chi connectivity index (χ2v) is 7.23. The number of aromatic nitrogens is 4. The number of hydrogen-bond donors (Lipinski definition) is 2. The molecule has 0 fully saturated rings. The summed E-state index contributed by atoms with van der Waals surface area (Å²) in [7, 11) is 0. The average molecular weight is 363 g/mol. The first-order chi connectivity index (χ1) is 13.1. The van der Waals surface area contributed by atoms with Gasteiger partial charge in [-0.1, -0.05) is 19.1 Å². The van der Waals surface area contributed by atoms with E-state index in [1.54, 1.807) is 0 Å². The number of amides is 1. The highest BCUT2D eigenvalue weighted by atomic mass is 16.2. The molecule has 1 aliphatic carbocycles. The van der Waals surface area contributed by atoms with Gasteiger partial charge in [-0.2, -0.15) is 10.2 Å². The van der Waals surface area contributed by atoms with Crippen LogP contribution in [0.15, 0.2) is 30.5 Å². The Morgan fingerprint density at radius 3 is 3.00 bits per heavy atom. The van der Waals surface area contributed by atoms with Crippen molar-refractivity contribution in [3.8, 4) is 5.69 Å². The molecule has 1 amide bonds. The Morgan fingerprint density at radius 1 is 1.37 bits per heavy atom. The molecule has 2 heterocycles. The Kier molecular flexibility index (Phi) is 4.56. The maximum atomic E-state index is 12.6. The van der Waals surface area contributed by atoms with Crippen LogP contribution in [0.1, 0.15) is 64.4 Å². The molecule has 1 aromatic carbocycles. The second-order valence-electron chi connectivity index (χ2n) is 7.23. The number of hydrogen-bond acceptors (Lipinski definition) is 3. The van der Waals surface area contributed by atoms with Gasteiger partial charge in [0.15, 0.2) is 0 Å². The second kappa shape index (κ2) is 7.02. The topological polar surface area (TPSA) is 75.6 Å². The van der Waals surface area contributed by atoms with Crippen molar-refractivity contribution in [3.63, 3.8) is 0 Å². The number of nitrogens with zero attached hydrogens (tertiary/aromatic N) is 3. The Balaban J connectivity index is 1.62. The fourth-order valence-corrected chi connectivity index (χ4v) is 3.77. The predicted molar refractivity (Wildman–Crippen MR) is 104 cm³/mol. The van der Waals surface area contributed by atoms with Crippen LogP contribution in [-0.2, 0) is 12.8 Å². The predicted octanol–water partition coefficient (Wildman–Crippen LogP) is 3.58. The van der Waals surface area contributed by atoms with Crippen LogP contribution in [0.4, 0.5) is 0 Å². The lowest BCUT2D eigenvalue weighted by atomic mass is 9.92. The monoisotopic (exact) mass is 363 g/mol. The quantitative estimate of drug-likeness (QED) is 0.744. The highest BCUT2D eigenvalue weighted by Gasteiger charge is 2.27. The zero-order valence-corrected chi connectivity index (χ0v) is 16.0. The Labute approximate surface area is 159 Å². The minimum absolute atomic E-state index is 0.0260. The fraction of sp³-hybridized carbons (Fsp3) is 0.381. The maximum Gasteiger partial charge on any atom is 0.272 e. The number of nitrogens with one attached hydrogen (secondary N) is 2. The summed E-state index contributed by atoms with van der Waals surface area (Å²) in [6.07, 6.45) is 5.65. The number of benzene rings is 1. The molecule has 2 aromatic heterocycles. The van der Waals surface area contributed by atoms with Crippen molar-refractivity contribution >= 4 is 5.91 Å². The third-order valence-electron chi connectivity index (χ3n) is 5.54. The standard InChI is InChI=1S/C21H25N5O/c1-4-15-11-18(25-24-15)21(27)23-17-8-6-10-20-16(17)12-22-26(20)19-9-5-7-13(2)14(19)3/h5,7,9,11-12,17H,4,6,8,10H2,1-3H3,(H,23,27)(H,24,25). The summed E-state index contributed by atoms with van der Waals surface area (Å²) in [6, 6.07) is 8.08. The van der Waals surface area contributed by atoms with Gasteiger partial charge in [-0.3, -0.25) is 9.89 Å². The van der Waals surface area contributed by atoms with E-state index in [-0.39, 0.29) is 11.9 Å². The normalized spacial score (nSPS) is 16.2. The average Bonchev–Trinajstić information content (AvgIpc) is 3.31. The molecule has 0 saturated heterocycles. The lowest BCUT2D eigenvalue weighted by Gasteiger charge is -2.24. The van der Waals surface area contributed by atoms with Crippen molar-refractivity contribution in [1.82, 2.24) is 25.3 Å². The minimum Gasteiger partial charge on any atom is -0.344 e. The first kappa shape index (κ1) is 17.5. The van der Waals surface area contributed by atoms with E-state index in [1.165, 1.54) is 16.8 Å². The van der Waals surface area contributed by atoms with E-state index in [2.05, 4.69) is 52.7 Å². The number of H-pyrrole nitrogens is 1. The summed E-state index contributed by atoms with van der Waals surface area (Å²) in [4.78, 5) is 12.6. The first-order valence-corrected chi connectivity index (χ1v) is 9.57. The Hall–Kier alpha value is -2.89. The van der Waals surface area contributed by atoms with Crippen molar-refractivity contribution in [1.29, 1.82) is 0 Å². The molecule has 6 nitrogen and oxygen atoms in total. The van der Waals surface area contributed by atoms with Crippen molar-refractivity contribution in [2.24, 2.45) is 0 Å². The lowest BCUT2D eigenvalue weighted by Crippen LogP contribution is -2.31. The van der Waals surface area contributed by atoms with E-state index in [9.17, 15) is 4.79 Å². The van der Waals surface area contributed by atoms with E-state index in [4.69, 9.17) is 0 Å². The molecular formula is C21H25N5O. The Bertz CT molecular complexity index is 984.